The minimum Gasteiger partial charge on any atom is -0.477 e. The number of hydrogen-bond acceptors (Lipinski definition) is 6. The van der Waals surface area contributed by atoms with E-state index < -0.39 is 4.92 Å². The molecule has 1 aromatic carbocycles. The third-order valence-electron chi connectivity index (χ3n) is 3.91. The second kappa shape index (κ2) is 10.9. The molecule has 0 atom stereocenters. The van der Waals surface area contributed by atoms with Crippen LogP contribution in [0.15, 0.2) is 24.3 Å². The molecule has 0 saturated carbocycles. The molecule has 1 heterocycles. The van der Waals surface area contributed by atoms with Crippen LogP contribution >= 0.6 is 12.4 Å². The fourth-order valence-corrected chi connectivity index (χ4v) is 2.57. The van der Waals surface area contributed by atoms with E-state index in [9.17, 15) is 14.9 Å². The molecule has 0 unspecified atom stereocenters. The van der Waals surface area contributed by atoms with Gasteiger partial charge in [-0.2, -0.15) is 0 Å². The highest BCUT2D eigenvalue weighted by atomic mass is 35.5. The number of benzene rings is 1. The van der Waals surface area contributed by atoms with Gasteiger partial charge < -0.3 is 20.1 Å². The van der Waals surface area contributed by atoms with Crippen molar-refractivity contribution in [3.05, 3.63) is 34.4 Å². The van der Waals surface area contributed by atoms with Gasteiger partial charge in [-0.25, -0.2) is 0 Å². The van der Waals surface area contributed by atoms with Gasteiger partial charge in [-0.05, 0) is 31.9 Å². The SMILES string of the molecule is Cl.NCCCOC1CCN(C(=O)COc2ccccc2[N+](=O)[O-])CC1. The number of likely N-dealkylation sites (tertiary alicyclic amines) is 1. The maximum Gasteiger partial charge on any atom is 0.310 e. The van der Waals surface area contributed by atoms with Crippen LogP contribution in [0.2, 0.25) is 0 Å². The smallest absolute Gasteiger partial charge is 0.310 e. The van der Waals surface area contributed by atoms with Crippen molar-refractivity contribution in [3.63, 3.8) is 0 Å². The van der Waals surface area contributed by atoms with E-state index in [-0.39, 0.29) is 42.5 Å². The molecule has 8 nitrogen and oxygen atoms in total. The number of halogens is 1. The molecule has 1 amide bonds. The lowest BCUT2D eigenvalue weighted by Crippen LogP contribution is -2.43. The van der Waals surface area contributed by atoms with E-state index in [2.05, 4.69) is 0 Å². The predicted molar refractivity (Wildman–Crippen MR) is 95.1 cm³/mol. The first-order chi connectivity index (χ1) is 11.6. The van der Waals surface area contributed by atoms with Crippen LogP contribution in [0.25, 0.3) is 0 Å². The summed E-state index contributed by atoms with van der Waals surface area (Å²) in [5, 5.41) is 10.9. The number of rotatable bonds is 8. The van der Waals surface area contributed by atoms with Gasteiger partial charge in [-0.15, -0.1) is 12.4 Å². The summed E-state index contributed by atoms with van der Waals surface area (Å²) in [7, 11) is 0. The zero-order valence-electron chi connectivity index (χ0n) is 14.0. The number of nitrogens with two attached hydrogens (primary N) is 1. The summed E-state index contributed by atoms with van der Waals surface area (Å²) in [6, 6.07) is 6.03. The number of para-hydroxylation sites is 2. The summed E-state index contributed by atoms with van der Waals surface area (Å²) in [6.45, 7) is 2.26. The summed E-state index contributed by atoms with van der Waals surface area (Å²) in [4.78, 5) is 24.3. The molecule has 9 heteroatoms. The highest BCUT2D eigenvalue weighted by Crippen LogP contribution is 2.25. The molecule has 2 rings (SSSR count). The molecular weight excluding hydrogens is 350 g/mol. The predicted octanol–water partition coefficient (Wildman–Crippen LogP) is 1.75. The van der Waals surface area contributed by atoms with Crippen molar-refractivity contribution in [2.24, 2.45) is 5.73 Å². The lowest BCUT2D eigenvalue weighted by molar-refractivity contribution is -0.385. The number of carbonyl (C=O) groups excluding carboxylic acids is 1. The van der Waals surface area contributed by atoms with Gasteiger partial charge in [-0.1, -0.05) is 12.1 Å². The first-order valence-electron chi connectivity index (χ1n) is 8.07. The van der Waals surface area contributed by atoms with Crippen molar-refractivity contribution in [3.8, 4) is 5.75 Å². The number of carbonyl (C=O) groups is 1. The van der Waals surface area contributed by atoms with Gasteiger partial charge in [-0.3, -0.25) is 14.9 Å². The molecular formula is C16H24ClN3O5. The van der Waals surface area contributed by atoms with E-state index in [0.29, 0.717) is 26.2 Å². The Hall–Kier alpha value is -1.90. The summed E-state index contributed by atoms with van der Waals surface area (Å²) in [6.07, 6.45) is 2.56. The van der Waals surface area contributed by atoms with Gasteiger partial charge in [0.25, 0.3) is 5.91 Å². The zero-order valence-corrected chi connectivity index (χ0v) is 14.8. The Bertz CT molecular complexity index is 564. The molecule has 0 aliphatic carbocycles. The zero-order chi connectivity index (χ0) is 17.4. The average molecular weight is 374 g/mol. The number of hydrogen-bond donors (Lipinski definition) is 1. The molecule has 0 aromatic heterocycles. The van der Waals surface area contributed by atoms with Gasteiger partial charge in [0, 0.05) is 25.8 Å². The Balaban J connectivity index is 0.00000312. The highest BCUT2D eigenvalue weighted by Gasteiger charge is 2.24. The topological polar surface area (TPSA) is 108 Å². The van der Waals surface area contributed by atoms with E-state index in [4.69, 9.17) is 15.2 Å². The Morgan fingerprint density at radius 1 is 1.32 bits per heavy atom. The number of ether oxygens (including phenoxy) is 2. The third kappa shape index (κ3) is 6.49. The summed E-state index contributed by atoms with van der Waals surface area (Å²) in [5.74, 6) is -0.0654. The maximum absolute atomic E-state index is 12.2. The fourth-order valence-electron chi connectivity index (χ4n) is 2.57. The second-order valence-corrected chi connectivity index (χ2v) is 5.61. The lowest BCUT2D eigenvalue weighted by Gasteiger charge is -2.31. The highest BCUT2D eigenvalue weighted by molar-refractivity contribution is 5.85. The molecule has 1 aromatic rings. The van der Waals surface area contributed by atoms with Crippen LogP contribution in [0.3, 0.4) is 0 Å². The molecule has 140 valence electrons. The number of nitrogens with zero attached hydrogens (tertiary/aromatic N) is 2. The Labute approximate surface area is 152 Å². The monoisotopic (exact) mass is 373 g/mol. The van der Waals surface area contributed by atoms with Crippen LogP contribution in [0.5, 0.6) is 5.75 Å². The maximum atomic E-state index is 12.2. The van der Waals surface area contributed by atoms with E-state index in [1.54, 1.807) is 17.0 Å². The minimum atomic E-state index is -0.524. The lowest BCUT2D eigenvalue weighted by atomic mass is 10.1. The van der Waals surface area contributed by atoms with Crippen molar-refractivity contribution < 1.29 is 19.2 Å². The number of piperidine rings is 1. The van der Waals surface area contributed by atoms with E-state index in [1.807, 2.05) is 0 Å². The van der Waals surface area contributed by atoms with Crippen LogP contribution in [-0.4, -0.2) is 54.7 Å². The average Bonchev–Trinajstić information content (AvgIpc) is 2.60. The number of nitro benzene ring substituents is 1. The van der Waals surface area contributed by atoms with Gasteiger partial charge in [0.15, 0.2) is 12.4 Å². The van der Waals surface area contributed by atoms with Gasteiger partial charge in [0.05, 0.1) is 11.0 Å². The van der Waals surface area contributed by atoms with Crippen LogP contribution in [0.4, 0.5) is 5.69 Å². The van der Waals surface area contributed by atoms with Crippen molar-refractivity contribution in [1.29, 1.82) is 0 Å². The summed E-state index contributed by atoms with van der Waals surface area (Å²) in [5.41, 5.74) is 5.29. The molecule has 0 radical (unpaired) electrons. The van der Waals surface area contributed by atoms with Crippen molar-refractivity contribution in [2.45, 2.75) is 25.4 Å². The normalized spacial score (nSPS) is 14.7. The van der Waals surface area contributed by atoms with E-state index in [0.717, 1.165) is 19.3 Å². The van der Waals surface area contributed by atoms with Crippen molar-refractivity contribution in [1.82, 2.24) is 4.90 Å². The molecule has 1 aliphatic rings. The van der Waals surface area contributed by atoms with Gasteiger partial charge in [0.2, 0.25) is 0 Å². The molecule has 1 saturated heterocycles. The Kier molecular flexibility index (Phi) is 9.18. The van der Waals surface area contributed by atoms with Crippen LogP contribution in [-0.2, 0) is 9.53 Å². The molecule has 0 spiro atoms. The van der Waals surface area contributed by atoms with Crippen molar-refractivity contribution >= 4 is 24.0 Å². The minimum absolute atomic E-state index is 0. The molecule has 1 fully saturated rings. The first-order valence-corrected chi connectivity index (χ1v) is 8.07. The Morgan fingerprint density at radius 3 is 2.64 bits per heavy atom. The largest absolute Gasteiger partial charge is 0.477 e. The quantitative estimate of drug-likeness (QED) is 0.422. The standard InChI is InChI=1S/C16H23N3O5.ClH/c17-8-3-11-23-13-6-9-18(10-7-13)16(20)12-24-15-5-2-1-4-14(15)19(21)22;/h1-2,4-5,13H,3,6-12,17H2;1H. The third-order valence-corrected chi connectivity index (χ3v) is 3.91. The number of amides is 1. The molecule has 25 heavy (non-hydrogen) atoms. The molecule has 0 bridgehead atoms. The van der Waals surface area contributed by atoms with Crippen LogP contribution in [0, 0.1) is 10.1 Å². The molecule has 1 aliphatic heterocycles. The van der Waals surface area contributed by atoms with E-state index >= 15 is 0 Å². The Morgan fingerprint density at radius 2 is 2.00 bits per heavy atom. The van der Waals surface area contributed by atoms with Crippen LogP contribution < -0.4 is 10.5 Å². The summed E-state index contributed by atoms with van der Waals surface area (Å²) >= 11 is 0. The first kappa shape index (κ1) is 21.1. The summed E-state index contributed by atoms with van der Waals surface area (Å²) < 4.78 is 11.0. The molecule has 2 N–H and O–H groups in total. The van der Waals surface area contributed by atoms with Crippen molar-refractivity contribution in [2.75, 3.05) is 32.8 Å². The van der Waals surface area contributed by atoms with Crippen LogP contribution in [0.1, 0.15) is 19.3 Å². The number of nitro groups is 1. The van der Waals surface area contributed by atoms with Gasteiger partial charge in [0.1, 0.15) is 0 Å². The van der Waals surface area contributed by atoms with E-state index in [1.165, 1.54) is 12.1 Å². The van der Waals surface area contributed by atoms with Gasteiger partial charge >= 0.3 is 5.69 Å². The second-order valence-electron chi connectivity index (χ2n) is 5.61. The fraction of sp³-hybridized carbons (Fsp3) is 0.562.